The highest BCUT2D eigenvalue weighted by molar-refractivity contribution is 9.11. The Hall–Kier alpha value is -1.73. The molecular weight excluding hydrogens is 416 g/mol. The van der Waals surface area contributed by atoms with Crippen LogP contribution in [0.25, 0.3) is 0 Å². The minimum Gasteiger partial charge on any atom is -0.492 e. The number of halogens is 2. The lowest BCUT2D eigenvalue weighted by molar-refractivity contribution is -0.384. The molecule has 0 unspecified atom stereocenters. The second-order valence-electron chi connectivity index (χ2n) is 4.28. The highest BCUT2D eigenvalue weighted by Crippen LogP contribution is 2.34. The van der Waals surface area contributed by atoms with Crippen LogP contribution in [0.4, 0.5) is 11.4 Å². The predicted molar refractivity (Wildman–Crippen MR) is 93.4 cm³/mol. The second kappa shape index (κ2) is 7.51. The van der Waals surface area contributed by atoms with Crippen LogP contribution in [-0.2, 0) is 0 Å². The van der Waals surface area contributed by atoms with Crippen molar-refractivity contribution in [1.29, 1.82) is 0 Å². The molecule has 0 atom stereocenters. The number of non-ortho nitro benzene ring substituents is 1. The number of nitro groups is 1. The number of nitro benzene ring substituents is 1. The number of hydrogen-bond donors (Lipinski definition) is 0. The van der Waals surface area contributed by atoms with Gasteiger partial charge in [0.2, 0.25) is 0 Å². The van der Waals surface area contributed by atoms with Crippen molar-refractivity contribution < 1.29 is 9.66 Å². The Labute approximate surface area is 144 Å². The van der Waals surface area contributed by atoms with E-state index in [9.17, 15) is 10.1 Å². The van der Waals surface area contributed by atoms with Gasteiger partial charge in [0, 0.05) is 18.3 Å². The van der Waals surface area contributed by atoms with Gasteiger partial charge in [0.05, 0.1) is 26.2 Å². The molecule has 0 bridgehead atoms. The molecule has 114 valence electrons. The van der Waals surface area contributed by atoms with Crippen LogP contribution in [0.2, 0.25) is 0 Å². The van der Waals surface area contributed by atoms with Gasteiger partial charge in [0.15, 0.2) is 0 Å². The van der Waals surface area contributed by atoms with Crippen molar-refractivity contribution in [2.24, 2.45) is 4.99 Å². The third-order valence-electron chi connectivity index (χ3n) is 2.73. The van der Waals surface area contributed by atoms with Gasteiger partial charge in [0.1, 0.15) is 5.75 Å². The van der Waals surface area contributed by atoms with Crippen molar-refractivity contribution in [3.8, 4) is 5.75 Å². The second-order valence-corrected chi connectivity index (χ2v) is 5.99. The Morgan fingerprint density at radius 2 is 1.82 bits per heavy atom. The van der Waals surface area contributed by atoms with Gasteiger partial charge < -0.3 is 4.74 Å². The van der Waals surface area contributed by atoms with Gasteiger partial charge in [-0.25, -0.2) is 0 Å². The average molecular weight is 428 g/mol. The number of ether oxygens (including phenoxy) is 1. The van der Waals surface area contributed by atoms with Crippen molar-refractivity contribution in [2.75, 3.05) is 6.61 Å². The zero-order valence-corrected chi connectivity index (χ0v) is 14.8. The van der Waals surface area contributed by atoms with E-state index in [1.165, 1.54) is 12.1 Å². The molecule has 0 heterocycles. The summed E-state index contributed by atoms with van der Waals surface area (Å²) in [5, 5.41) is 10.6. The monoisotopic (exact) mass is 426 g/mol. The lowest BCUT2D eigenvalue weighted by atomic mass is 10.2. The number of aliphatic imine (C=N–C) groups is 1. The van der Waals surface area contributed by atoms with Crippen LogP contribution in [0.5, 0.6) is 5.75 Å². The van der Waals surface area contributed by atoms with Crippen molar-refractivity contribution in [3.05, 3.63) is 61.0 Å². The van der Waals surface area contributed by atoms with E-state index in [1.807, 2.05) is 19.1 Å². The van der Waals surface area contributed by atoms with Gasteiger partial charge in [-0.05, 0) is 68.6 Å². The molecule has 0 aliphatic heterocycles. The molecule has 0 aliphatic rings. The lowest BCUT2D eigenvalue weighted by Crippen LogP contribution is -1.94. The molecule has 0 radical (unpaired) electrons. The van der Waals surface area contributed by atoms with Crippen LogP contribution in [0.1, 0.15) is 12.5 Å². The summed E-state index contributed by atoms with van der Waals surface area (Å²) in [5.41, 5.74) is 1.57. The smallest absolute Gasteiger partial charge is 0.269 e. The Kier molecular flexibility index (Phi) is 5.68. The number of nitrogens with zero attached hydrogens (tertiary/aromatic N) is 2. The molecule has 0 saturated carbocycles. The summed E-state index contributed by atoms with van der Waals surface area (Å²) in [6, 6.07) is 9.85. The van der Waals surface area contributed by atoms with Gasteiger partial charge in [-0.2, -0.15) is 0 Å². The lowest BCUT2D eigenvalue weighted by Gasteiger charge is -2.09. The van der Waals surface area contributed by atoms with E-state index < -0.39 is 4.92 Å². The normalized spacial score (nSPS) is 10.9. The number of rotatable bonds is 5. The summed E-state index contributed by atoms with van der Waals surface area (Å²) in [6.07, 6.45) is 1.69. The van der Waals surface area contributed by atoms with Crippen molar-refractivity contribution >= 4 is 49.4 Å². The minimum absolute atomic E-state index is 0.0468. The molecule has 0 N–H and O–H groups in total. The standard InChI is InChI=1S/C15H12Br2N2O3/c1-2-22-15-13(16)7-10(8-14(15)17)9-18-11-3-5-12(6-4-11)19(20)21/h3-9H,2H2,1H3. The first kappa shape index (κ1) is 16.6. The Balaban J connectivity index is 2.21. The van der Waals surface area contributed by atoms with Crippen molar-refractivity contribution in [3.63, 3.8) is 0 Å². The van der Waals surface area contributed by atoms with E-state index >= 15 is 0 Å². The molecule has 0 saturated heterocycles. The SMILES string of the molecule is CCOc1c(Br)cc(C=Nc2ccc([N+](=O)[O-])cc2)cc1Br. The van der Waals surface area contributed by atoms with Gasteiger partial charge in [-0.15, -0.1) is 0 Å². The Morgan fingerprint density at radius 1 is 1.23 bits per heavy atom. The topological polar surface area (TPSA) is 64.7 Å². The maximum Gasteiger partial charge on any atom is 0.269 e. The fourth-order valence-corrected chi connectivity index (χ4v) is 3.20. The molecule has 0 amide bonds. The molecule has 2 rings (SSSR count). The van der Waals surface area contributed by atoms with Gasteiger partial charge in [-0.1, -0.05) is 0 Å². The largest absolute Gasteiger partial charge is 0.492 e. The molecule has 7 heteroatoms. The van der Waals surface area contributed by atoms with E-state index in [0.29, 0.717) is 12.3 Å². The molecule has 0 aliphatic carbocycles. The first-order valence-electron chi connectivity index (χ1n) is 6.41. The zero-order chi connectivity index (χ0) is 16.1. The summed E-state index contributed by atoms with van der Waals surface area (Å²) < 4.78 is 7.17. The first-order valence-corrected chi connectivity index (χ1v) is 8.00. The fourth-order valence-electron chi connectivity index (χ4n) is 1.75. The number of hydrogen-bond acceptors (Lipinski definition) is 4. The van der Waals surface area contributed by atoms with Crippen molar-refractivity contribution in [1.82, 2.24) is 0 Å². The molecular formula is C15H12Br2N2O3. The van der Waals surface area contributed by atoms with Crippen LogP contribution >= 0.6 is 31.9 Å². The van der Waals surface area contributed by atoms with E-state index in [0.717, 1.165) is 20.3 Å². The highest BCUT2D eigenvalue weighted by atomic mass is 79.9. The van der Waals surface area contributed by atoms with Gasteiger partial charge in [0.25, 0.3) is 5.69 Å². The third kappa shape index (κ3) is 4.14. The maximum atomic E-state index is 10.6. The molecule has 2 aromatic rings. The Morgan fingerprint density at radius 3 is 2.32 bits per heavy atom. The van der Waals surface area contributed by atoms with Gasteiger partial charge in [-0.3, -0.25) is 15.1 Å². The van der Waals surface area contributed by atoms with E-state index in [4.69, 9.17) is 4.74 Å². The molecule has 22 heavy (non-hydrogen) atoms. The first-order chi connectivity index (χ1) is 10.5. The fraction of sp³-hybridized carbons (Fsp3) is 0.133. The van der Waals surface area contributed by atoms with E-state index in [-0.39, 0.29) is 5.69 Å². The number of benzene rings is 2. The molecule has 0 fully saturated rings. The summed E-state index contributed by atoms with van der Waals surface area (Å²) in [7, 11) is 0. The predicted octanol–water partition coefficient (Wildman–Crippen LogP) is 5.27. The Bertz CT molecular complexity index is 692. The summed E-state index contributed by atoms with van der Waals surface area (Å²) in [5.74, 6) is 0.745. The van der Waals surface area contributed by atoms with Crippen molar-refractivity contribution in [2.45, 2.75) is 6.92 Å². The maximum absolute atomic E-state index is 10.6. The highest BCUT2D eigenvalue weighted by Gasteiger charge is 2.08. The average Bonchev–Trinajstić information content (AvgIpc) is 2.49. The van der Waals surface area contributed by atoms with Crippen LogP contribution in [0.15, 0.2) is 50.3 Å². The van der Waals surface area contributed by atoms with Crippen LogP contribution in [0, 0.1) is 10.1 Å². The van der Waals surface area contributed by atoms with E-state index in [1.54, 1.807) is 18.3 Å². The molecule has 2 aromatic carbocycles. The summed E-state index contributed by atoms with van der Waals surface area (Å²) in [4.78, 5) is 14.5. The summed E-state index contributed by atoms with van der Waals surface area (Å²) >= 11 is 6.92. The molecule has 5 nitrogen and oxygen atoms in total. The van der Waals surface area contributed by atoms with Crippen LogP contribution < -0.4 is 4.74 Å². The van der Waals surface area contributed by atoms with Crippen LogP contribution in [-0.4, -0.2) is 17.7 Å². The third-order valence-corrected chi connectivity index (χ3v) is 3.91. The quantitative estimate of drug-likeness (QED) is 0.371. The van der Waals surface area contributed by atoms with Gasteiger partial charge >= 0.3 is 0 Å². The van der Waals surface area contributed by atoms with E-state index in [2.05, 4.69) is 36.9 Å². The molecule has 0 aromatic heterocycles. The minimum atomic E-state index is -0.436. The molecule has 0 spiro atoms. The zero-order valence-electron chi connectivity index (χ0n) is 11.6. The summed E-state index contributed by atoms with van der Waals surface area (Å²) in [6.45, 7) is 2.50. The van der Waals surface area contributed by atoms with Crippen LogP contribution in [0.3, 0.4) is 0 Å².